The van der Waals surface area contributed by atoms with Crippen LogP contribution in [-0.2, 0) is 0 Å². The van der Waals surface area contributed by atoms with Crippen LogP contribution in [0.15, 0.2) is 83.3 Å². The zero-order valence-corrected chi connectivity index (χ0v) is 18.6. The number of methoxy groups -OCH3 is 1. The van der Waals surface area contributed by atoms with Crippen molar-refractivity contribution in [2.24, 2.45) is 5.10 Å². The highest BCUT2D eigenvalue weighted by molar-refractivity contribution is 7.14. The second kappa shape index (κ2) is 10.1. The summed E-state index contributed by atoms with van der Waals surface area (Å²) in [4.78, 5) is 16.9. The molecule has 1 aromatic heterocycles. The number of halogens is 1. The number of carbonyl (C=O) groups is 1. The molecule has 8 heteroatoms. The van der Waals surface area contributed by atoms with Crippen LogP contribution < -0.4 is 14.9 Å². The molecule has 0 saturated heterocycles. The van der Waals surface area contributed by atoms with Gasteiger partial charge in [0.15, 0.2) is 11.5 Å². The van der Waals surface area contributed by atoms with Gasteiger partial charge in [-0.3, -0.25) is 5.43 Å². The van der Waals surface area contributed by atoms with Gasteiger partial charge < -0.3 is 9.47 Å². The highest BCUT2D eigenvalue weighted by Crippen LogP contribution is 2.29. The SMILES string of the molecule is COc1cc(C=NNc2nc(-c3ccccc3)cs2)ccc1OC(=O)c1ccccc1Cl. The number of aromatic nitrogens is 1. The predicted octanol–water partition coefficient (Wildman–Crippen LogP) is 6.14. The van der Waals surface area contributed by atoms with Crippen LogP contribution in [-0.4, -0.2) is 24.3 Å². The van der Waals surface area contributed by atoms with Crippen LogP contribution in [0.5, 0.6) is 11.5 Å². The topological polar surface area (TPSA) is 72.8 Å². The van der Waals surface area contributed by atoms with E-state index in [1.54, 1.807) is 48.7 Å². The third-order valence-electron chi connectivity index (χ3n) is 4.43. The van der Waals surface area contributed by atoms with Crippen molar-refractivity contribution in [3.63, 3.8) is 0 Å². The first-order chi connectivity index (χ1) is 15.6. The molecule has 0 aliphatic rings. The first kappa shape index (κ1) is 21.5. The number of nitrogens with zero attached hydrogens (tertiary/aromatic N) is 2. The molecule has 0 radical (unpaired) electrons. The molecule has 0 amide bonds. The van der Waals surface area contributed by atoms with Gasteiger partial charge in [-0.1, -0.05) is 54.1 Å². The van der Waals surface area contributed by atoms with Crippen molar-refractivity contribution in [1.29, 1.82) is 0 Å². The number of esters is 1. The van der Waals surface area contributed by atoms with Gasteiger partial charge in [-0.2, -0.15) is 5.10 Å². The Labute approximate surface area is 194 Å². The molecule has 0 bridgehead atoms. The summed E-state index contributed by atoms with van der Waals surface area (Å²) in [6.07, 6.45) is 1.63. The van der Waals surface area contributed by atoms with Crippen LogP contribution in [0.1, 0.15) is 15.9 Å². The van der Waals surface area contributed by atoms with Gasteiger partial charge in [0.25, 0.3) is 0 Å². The first-order valence-electron chi connectivity index (χ1n) is 9.59. The number of hydrogen-bond donors (Lipinski definition) is 1. The number of hydrazone groups is 1. The lowest BCUT2D eigenvalue weighted by Crippen LogP contribution is -2.10. The van der Waals surface area contributed by atoms with E-state index in [0.29, 0.717) is 15.9 Å². The molecule has 1 N–H and O–H groups in total. The maximum absolute atomic E-state index is 12.4. The van der Waals surface area contributed by atoms with Crippen molar-refractivity contribution in [1.82, 2.24) is 4.98 Å². The lowest BCUT2D eigenvalue weighted by atomic mass is 10.2. The molecule has 1 heterocycles. The van der Waals surface area contributed by atoms with E-state index >= 15 is 0 Å². The average Bonchev–Trinajstić information content (AvgIpc) is 3.29. The fourth-order valence-corrected chi connectivity index (χ4v) is 3.74. The largest absolute Gasteiger partial charge is 0.493 e. The Hall–Kier alpha value is -3.68. The van der Waals surface area contributed by atoms with E-state index in [1.165, 1.54) is 18.4 Å². The molecule has 3 aromatic carbocycles. The highest BCUT2D eigenvalue weighted by atomic mass is 35.5. The lowest BCUT2D eigenvalue weighted by Gasteiger charge is -2.10. The molecule has 0 atom stereocenters. The second-order valence-corrected chi connectivity index (χ2v) is 7.82. The number of benzene rings is 3. The van der Waals surface area contributed by atoms with Crippen LogP contribution in [0.25, 0.3) is 11.3 Å². The molecule has 6 nitrogen and oxygen atoms in total. The van der Waals surface area contributed by atoms with Gasteiger partial charge >= 0.3 is 5.97 Å². The quantitative estimate of drug-likeness (QED) is 0.154. The van der Waals surface area contributed by atoms with Crippen LogP contribution in [0.2, 0.25) is 5.02 Å². The summed E-state index contributed by atoms with van der Waals surface area (Å²) >= 11 is 7.53. The van der Waals surface area contributed by atoms with Crippen LogP contribution in [0, 0.1) is 0 Å². The Kier molecular flexibility index (Phi) is 6.79. The minimum atomic E-state index is -0.560. The molecule has 0 fully saturated rings. The van der Waals surface area contributed by atoms with Gasteiger partial charge in [-0.15, -0.1) is 11.3 Å². The maximum atomic E-state index is 12.4. The minimum Gasteiger partial charge on any atom is -0.493 e. The second-order valence-electron chi connectivity index (χ2n) is 6.55. The summed E-state index contributed by atoms with van der Waals surface area (Å²) in [5.74, 6) is 0.125. The molecule has 0 spiro atoms. The Bertz CT molecular complexity index is 1260. The number of ether oxygens (including phenoxy) is 2. The van der Waals surface area contributed by atoms with Crippen molar-refractivity contribution in [3.8, 4) is 22.8 Å². The van der Waals surface area contributed by atoms with E-state index in [2.05, 4.69) is 15.5 Å². The monoisotopic (exact) mass is 463 g/mol. The van der Waals surface area contributed by atoms with Crippen LogP contribution in [0.4, 0.5) is 5.13 Å². The van der Waals surface area contributed by atoms with E-state index in [0.717, 1.165) is 16.8 Å². The Morgan fingerprint density at radius 3 is 2.62 bits per heavy atom. The zero-order valence-electron chi connectivity index (χ0n) is 17.0. The first-order valence-corrected chi connectivity index (χ1v) is 10.8. The molecular weight excluding hydrogens is 446 g/mol. The molecule has 0 aliphatic heterocycles. The lowest BCUT2D eigenvalue weighted by molar-refractivity contribution is 0.0730. The summed E-state index contributed by atoms with van der Waals surface area (Å²) < 4.78 is 10.8. The summed E-state index contributed by atoms with van der Waals surface area (Å²) in [6, 6.07) is 21.8. The highest BCUT2D eigenvalue weighted by Gasteiger charge is 2.15. The molecule has 4 aromatic rings. The van der Waals surface area contributed by atoms with Crippen molar-refractivity contribution < 1.29 is 14.3 Å². The third kappa shape index (κ3) is 5.14. The third-order valence-corrected chi connectivity index (χ3v) is 5.51. The smallest absolute Gasteiger partial charge is 0.345 e. The Morgan fingerprint density at radius 1 is 1.06 bits per heavy atom. The average molecular weight is 464 g/mol. The van der Waals surface area contributed by atoms with Crippen LogP contribution >= 0.6 is 22.9 Å². The van der Waals surface area contributed by atoms with Gasteiger partial charge in [-0.25, -0.2) is 9.78 Å². The number of nitrogens with one attached hydrogen (secondary N) is 1. The van der Waals surface area contributed by atoms with Gasteiger partial charge in [0.1, 0.15) is 0 Å². The molecular formula is C24H18ClN3O3S. The fourth-order valence-electron chi connectivity index (χ4n) is 2.86. The normalized spacial score (nSPS) is 10.8. The van der Waals surface area contributed by atoms with E-state index in [1.807, 2.05) is 35.7 Å². The zero-order chi connectivity index (χ0) is 22.3. The summed E-state index contributed by atoms with van der Waals surface area (Å²) in [7, 11) is 1.50. The van der Waals surface area contributed by atoms with Crippen LogP contribution in [0.3, 0.4) is 0 Å². The van der Waals surface area contributed by atoms with Gasteiger partial charge in [0.2, 0.25) is 5.13 Å². The molecule has 0 unspecified atom stereocenters. The molecule has 32 heavy (non-hydrogen) atoms. The Balaban J connectivity index is 1.43. The minimum absolute atomic E-state index is 0.282. The van der Waals surface area contributed by atoms with E-state index < -0.39 is 5.97 Å². The summed E-state index contributed by atoms with van der Waals surface area (Å²) in [5, 5.41) is 7.21. The summed E-state index contributed by atoms with van der Waals surface area (Å²) in [5.41, 5.74) is 5.91. The molecule has 4 rings (SSSR count). The van der Waals surface area contributed by atoms with E-state index in [-0.39, 0.29) is 11.3 Å². The molecule has 0 aliphatic carbocycles. The van der Waals surface area contributed by atoms with Crippen molar-refractivity contribution in [2.45, 2.75) is 0 Å². The fraction of sp³-hybridized carbons (Fsp3) is 0.0417. The number of rotatable bonds is 7. The summed E-state index contributed by atoms with van der Waals surface area (Å²) in [6.45, 7) is 0. The van der Waals surface area contributed by atoms with Crippen molar-refractivity contribution in [2.75, 3.05) is 12.5 Å². The van der Waals surface area contributed by atoms with Gasteiger partial charge in [0.05, 0.1) is 29.6 Å². The standard InChI is InChI=1S/C24H18ClN3O3S/c1-30-22-13-16(11-12-21(22)31-23(29)18-9-5-6-10-19(18)25)14-26-28-24-27-20(15-32-24)17-7-3-2-4-8-17/h2-15H,1H3,(H,27,28). The number of thiazole rings is 1. The predicted molar refractivity (Wildman–Crippen MR) is 128 cm³/mol. The number of carbonyl (C=O) groups excluding carboxylic acids is 1. The van der Waals surface area contributed by atoms with Crippen molar-refractivity contribution >= 4 is 40.3 Å². The van der Waals surface area contributed by atoms with Gasteiger partial charge in [-0.05, 0) is 35.9 Å². The van der Waals surface area contributed by atoms with E-state index in [4.69, 9.17) is 21.1 Å². The molecule has 160 valence electrons. The number of hydrogen-bond acceptors (Lipinski definition) is 7. The van der Waals surface area contributed by atoms with E-state index in [9.17, 15) is 4.79 Å². The number of anilines is 1. The van der Waals surface area contributed by atoms with Crippen molar-refractivity contribution in [3.05, 3.63) is 94.3 Å². The Morgan fingerprint density at radius 2 is 1.84 bits per heavy atom. The maximum Gasteiger partial charge on any atom is 0.345 e. The van der Waals surface area contributed by atoms with Gasteiger partial charge in [0, 0.05) is 10.9 Å². The molecule has 0 saturated carbocycles.